The third-order valence-corrected chi connectivity index (χ3v) is 8.89. The number of nitrogens with two attached hydrogens (primary N) is 4. The molecular formula is C27H51N9O10. The number of hydrogen-bond acceptors (Lipinski definition) is 16. The molecule has 0 radical (unpaired) electrons. The number of amides is 1. The number of hydrogen-bond donors (Lipinski definition) is 14. The maximum atomic E-state index is 13.2. The number of nitrogens with one attached hydrogen (secondary N) is 5. The van der Waals surface area contributed by atoms with Gasteiger partial charge in [0.15, 0.2) is 17.9 Å². The van der Waals surface area contributed by atoms with Crippen molar-refractivity contribution in [3.05, 3.63) is 11.8 Å². The molecule has 46 heavy (non-hydrogen) atoms. The zero-order valence-corrected chi connectivity index (χ0v) is 26.0. The van der Waals surface area contributed by atoms with Crippen LogP contribution in [0.4, 0.5) is 0 Å². The van der Waals surface area contributed by atoms with Crippen molar-refractivity contribution < 1.29 is 49.3 Å². The van der Waals surface area contributed by atoms with E-state index >= 15 is 0 Å². The SMILES string of the molecule is CN[C@@H]1[C@@H](O)[C@@H](O[C@H]2[C@H](NC(=O)C3(O)CC3NC(=N)N)C[C@H](N)C(O[C@H]3OC(CNCC(N)CO)=CC[C@H]3N)[C@@H]2O)OC[C@]1(C)O. The van der Waals surface area contributed by atoms with Gasteiger partial charge in [0.25, 0.3) is 5.91 Å². The number of aliphatic hydroxyl groups is 5. The summed E-state index contributed by atoms with van der Waals surface area (Å²) in [6.45, 7) is 1.72. The summed E-state index contributed by atoms with van der Waals surface area (Å²) in [5, 5.41) is 71.9. The van der Waals surface area contributed by atoms with Crippen LogP contribution >= 0.6 is 0 Å². The summed E-state index contributed by atoms with van der Waals surface area (Å²) >= 11 is 0. The van der Waals surface area contributed by atoms with Gasteiger partial charge in [-0.3, -0.25) is 10.2 Å². The number of guanidine groups is 1. The van der Waals surface area contributed by atoms with Crippen LogP contribution in [0, 0.1) is 5.41 Å². The van der Waals surface area contributed by atoms with Gasteiger partial charge in [-0.15, -0.1) is 0 Å². The Balaban J connectivity index is 1.50. The van der Waals surface area contributed by atoms with Crippen LogP contribution in [-0.4, -0.2) is 155 Å². The quantitative estimate of drug-likeness (QED) is 0.0644. The molecule has 18 N–H and O–H groups in total. The molecule has 264 valence electrons. The van der Waals surface area contributed by atoms with Crippen molar-refractivity contribution in [3.8, 4) is 0 Å². The molecule has 1 amide bonds. The van der Waals surface area contributed by atoms with Crippen molar-refractivity contribution in [2.24, 2.45) is 22.9 Å². The van der Waals surface area contributed by atoms with Gasteiger partial charge in [-0.1, -0.05) is 0 Å². The van der Waals surface area contributed by atoms with E-state index in [0.29, 0.717) is 18.7 Å². The first kappa shape index (κ1) is 36.6. The number of aliphatic hydroxyl groups excluding tert-OH is 3. The van der Waals surface area contributed by atoms with E-state index in [9.17, 15) is 25.2 Å². The van der Waals surface area contributed by atoms with E-state index in [1.807, 2.05) is 0 Å². The summed E-state index contributed by atoms with van der Waals surface area (Å²) in [6.07, 6.45) is -5.50. The van der Waals surface area contributed by atoms with E-state index in [-0.39, 0.29) is 32.6 Å². The molecule has 0 bridgehead atoms. The fourth-order valence-electron chi connectivity index (χ4n) is 6.12. The predicted octanol–water partition coefficient (Wildman–Crippen LogP) is -6.76. The van der Waals surface area contributed by atoms with Gasteiger partial charge in [0, 0.05) is 25.0 Å². The minimum absolute atomic E-state index is 0.000260. The number of carbonyl (C=O) groups excluding carboxylic acids is 1. The fourth-order valence-corrected chi connectivity index (χ4v) is 6.12. The summed E-state index contributed by atoms with van der Waals surface area (Å²) < 4.78 is 23.9. The van der Waals surface area contributed by atoms with Crippen molar-refractivity contribution >= 4 is 11.9 Å². The van der Waals surface area contributed by atoms with Gasteiger partial charge < -0.3 is 88.7 Å². The molecule has 2 aliphatic carbocycles. The minimum atomic E-state index is -1.87. The monoisotopic (exact) mass is 661 g/mol. The summed E-state index contributed by atoms with van der Waals surface area (Å²) in [5.74, 6) is -0.691. The van der Waals surface area contributed by atoms with Gasteiger partial charge in [0.05, 0.1) is 43.9 Å². The lowest BCUT2D eigenvalue weighted by atomic mass is 9.83. The van der Waals surface area contributed by atoms with Gasteiger partial charge in [-0.2, -0.15) is 0 Å². The zero-order chi connectivity index (χ0) is 34.0. The Labute approximate surface area is 266 Å². The average molecular weight is 662 g/mol. The predicted molar refractivity (Wildman–Crippen MR) is 161 cm³/mol. The molecule has 0 spiro atoms. The minimum Gasteiger partial charge on any atom is -0.467 e. The van der Waals surface area contributed by atoms with Crippen molar-refractivity contribution in [3.63, 3.8) is 0 Å². The lowest BCUT2D eigenvalue weighted by Gasteiger charge is -2.49. The first-order valence-corrected chi connectivity index (χ1v) is 15.4. The number of carbonyl (C=O) groups is 1. The Hall–Kier alpha value is -2.24. The maximum absolute atomic E-state index is 13.2. The Bertz CT molecular complexity index is 1100. The molecule has 0 aromatic rings. The Morgan fingerprint density at radius 3 is 2.50 bits per heavy atom. The van der Waals surface area contributed by atoms with E-state index in [2.05, 4.69) is 21.3 Å². The van der Waals surface area contributed by atoms with Crippen LogP contribution in [-0.2, 0) is 23.7 Å². The zero-order valence-electron chi connectivity index (χ0n) is 26.0. The molecule has 19 heteroatoms. The van der Waals surface area contributed by atoms with E-state index in [0.717, 1.165) is 0 Å². The molecular weight excluding hydrogens is 610 g/mol. The highest BCUT2D eigenvalue weighted by molar-refractivity contribution is 5.91. The average Bonchev–Trinajstić information content (AvgIpc) is 3.64. The number of likely N-dealkylation sites (N-methyl/N-ethyl adjacent to an activating group) is 1. The summed E-state index contributed by atoms with van der Waals surface area (Å²) in [7, 11) is 1.56. The van der Waals surface area contributed by atoms with E-state index < -0.39 is 96.3 Å². The first-order valence-electron chi connectivity index (χ1n) is 15.4. The Morgan fingerprint density at radius 2 is 1.85 bits per heavy atom. The van der Waals surface area contributed by atoms with Gasteiger partial charge in [0.1, 0.15) is 35.8 Å². The second-order valence-corrected chi connectivity index (χ2v) is 12.8. The fraction of sp³-hybridized carbons (Fsp3) is 0.852. The largest absolute Gasteiger partial charge is 0.467 e. The highest BCUT2D eigenvalue weighted by Gasteiger charge is 2.61. The van der Waals surface area contributed by atoms with Crippen LogP contribution in [0.15, 0.2) is 11.8 Å². The first-order chi connectivity index (χ1) is 21.6. The standard InChI is InChI=1S/C27H51N9O10/c1-26(41)10-43-23(18(39)21(26)33-2)46-20-15(35-24(40)27(42)6-16(27)36-25(31)32)5-14(30)19(17(20)38)45-22-13(29)4-3-12(44-22)8-34-7-11(28)9-37/h3,11,13-23,33-34,37-39,41-42H,4-10,28-30H2,1-2H3,(H,35,40)(H4,31,32,36)/t11?,13-,14+,15-,16?,17+,18-,19?,20+,21-,22-,23-,26+,27?/m1/s1. The Kier molecular flexibility index (Phi) is 11.8. The third-order valence-electron chi connectivity index (χ3n) is 8.89. The molecule has 2 heterocycles. The van der Waals surface area contributed by atoms with E-state index in [1.165, 1.54) is 6.92 Å². The highest BCUT2D eigenvalue weighted by Crippen LogP contribution is 2.37. The highest BCUT2D eigenvalue weighted by atomic mass is 16.7. The summed E-state index contributed by atoms with van der Waals surface area (Å²) in [6, 6.07) is -4.59. The van der Waals surface area contributed by atoms with Gasteiger partial charge in [0.2, 0.25) is 6.29 Å². The summed E-state index contributed by atoms with van der Waals surface area (Å²) in [5.41, 5.74) is 20.6. The molecule has 14 atom stereocenters. The molecule has 1 saturated heterocycles. The lowest BCUT2D eigenvalue weighted by Crippen LogP contribution is -2.69. The molecule has 4 aliphatic rings. The van der Waals surface area contributed by atoms with Crippen LogP contribution in [0.1, 0.15) is 26.2 Å². The number of rotatable bonds is 13. The molecule has 0 aromatic heterocycles. The molecule has 0 aromatic carbocycles. The van der Waals surface area contributed by atoms with Crippen LogP contribution < -0.4 is 44.2 Å². The van der Waals surface area contributed by atoms with Gasteiger partial charge >= 0.3 is 0 Å². The second kappa shape index (κ2) is 14.9. The normalized spacial score (nSPS) is 43.2. The van der Waals surface area contributed by atoms with Crippen LogP contribution in [0.2, 0.25) is 0 Å². The summed E-state index contributed by atoms with van der Waals surface area (Å²) in [4.78, 5) is 13.2. The van der Waals surface area contributed by atoms with Crippen molar-refractivity contribution in [1.29, 1.82) is 5.41 Å². The van der Waals surface area contributed by atoms with Crippen molar-refractivity contribution in [1.82, 2.24) is 21.3 Å². The second-order valence-electron chi connectivity index (χ2n) is 12.8. The maximum Gasteiger partial charge on any atom is 0.254 e. The smallest absolute Gasteiger partial charge is 0.254 e. The van der Waals surface area contributed by atoms with Gasteiger partial charge in [-0.25, -0.2) is 0 Å². The van der Waals surface area contributed by atoms with Gasteiger partial charge in [-0.05, 0) is 32.9 Å². The van der Waals surface area contributed by atoms with E-state index in [1.54, 1.807) is 13.1 Å². The van der Waals surface area contributed by atoms with E-state index in [4.69, 9.17) is 52.4 Å². The molecule has 2 saturated carbocycles. The molecule has 4 rings (SSSR count). The van der Waals surface area contributed by atoms with Crippen LogP contribution in [0.3, 0.4) is 0 Å². The number of ether oxygens (including phenoxy) is 4. The van der Waals surface area contributed by atoms with Crippen molar-refractivity contribution in [2.75, 3.05) is 33.4 Å². The molecule has 4 unspecified atom stereocenters. The van der Waals surface area contributed by atoms with Crippen LogP contribution in [0.25, 0.3) is 0 Å². The molecule has 2 aliphatic heterocycles. The Morgan fingerprint density at radius 1 is 1.15 bits per heavy atom. The third kappa shape index (κ3) is 8.24. The molecule has 19 nitrogen and oxygen atoms in total. The van der Waals surface area contributed by atoms with Crippen molar-refractivity contribution in [2.45, 2.75) is 111 Å². The van der Waals surface area contributed by atoms with Crippen LogP contribution in [0.5, 0.6) is 0 Å². The lowest BCUT2D eigenvalue weighted by molar-refractivity contribution is -0.304. The topological polar surface area (TPSA) is 331 Å². The molecule has 3 fully saturated rings.